The number of hydrogen-bond acceptors (Lipinski definition) is 4. The average Bonchev–Trinajstić information content (AvgIpc) is 2.89. The molecule has 17 heavy (non-hydrogen) atoms. The number of aromatic nitrogens is 1. The Morgan fingerprint density at radius 1 is 1.47 bits per heavy atom. The summed E-state index contributed by atoms with van der Waals surface area (Å²) in [5.41, 5.74) is 0.942. The molecule has 0 aromatic carbocycles. The van der Waals surface area contributed by atoms with E-state index in [2.05, 4.69) is 4.98 Å². The van der Waals surface area contributed by atoms with Crippen LogP contribution in [0.3, 0.4) is 0 Å². The van der Waals surface area contributed by atoms with Gasteiger partial charge in [0.2, 0.25) is 0 Å². The highest BCUT2D eigenvalue weighted by atomic mass is 32.2. The zero-order chi connectivity index (χ0) is 12.5. The van der Waals surface area contributed by atoms with E-state index in [0.29, 0.717) is 19.6 Å². The smallest absolute Gasteiger partial charge is 0.245 e. The van der Waals surface area contributed by atoms with E-state index >= 15 is 0 Å². The van der Waals surface area contributed by atoms with Crippen LogP contribution in [0.5, 0.6) is 0 Å². The zero-order valence-corrected chi connectivity index (χ0v) is 11.7. The predicted molar refractivity (Wildman–Crippen MR) is 68.0 cm³/mol. The minimum atomic E-state index is -3.29. The van der Waals surface area contributed by atoms with Crippen LogP contribution in [0.1, 0.15) is 23.5 Å². The second kappa shape index (κ2) is 5.01. The molecule has 1 aromatic heterocycles. The zero-order valence-electron chi connectivity index (χ0n) is 10.1. The van der Waals surface area contributed by atoms with Gasteiger partial charge in [-0.25, -0.2) is 4.98 Å². The van der Waals surface area contributed by atoms with Gasteiger partial charge in [-0.3, -0.25) is 0 Å². The second-order valence-corrected chi connectivity index (χ2v) is 7.23. The maximum absolute atomic E-state index is 12.2. The molecular weight excluding hydrogens is 258 g/mol. The van der Waals surface area contributed by atoms with Gasteiger partial charge < -0.3 is 0 Å². The fraction of sp³-hybridized carbons (Fsp3) is 0.700. The SMILES string of the molecule is Cc1csc(CN(C)S(=O)(=O)N2CCCC2)n1. The minimum absolute atomic E-state index is 0.358. The topological polar surface area (TPSA) is 53.5 Å². The molecule has 0 saturated carbocycles. The van der Waals surface area contributed by atoms with Crippen molar-refractivity contribution in [1.82, 2.24) is 13.6 Å². The Hall–Kier alpha value is -0.500. The van der Waals surface area contributed by atoms with Gasteiger partial charge >= 0.3 is 0 Å². The van der Waals surface area contributed by atoms with Crippen LogP contribution < -0.4 is 0 Å². The fourth-order valence-electron chi connectivity index (χ4n) is 1.86. The van der Waals surface area contributed by atoms with Crippen LogP contribution in [0.4, 0.5) is 0 Å². The molecule has 1 aliphatic heterocycles. The summed E-state index contributed by atoms with van der Waals surface area (Å²) in [5.74, 6) is 0. The molecule has 2 rings (SSSR count). The molecule has 1 aliphatic rings. The average molecular weight is 275 g/mol. The summed E-state index contributed by atoms with van der Waals surface area (Å²) in [7, 11) is -1.68. The van der Waals surface area contributed by atoms with E-state index in [-0.39, 0.29) is 0 Å². The van der Waals surface area contributed by atoms with Crippen LogP contribution in [-0.4, -0.2) is 42.1 Å². The molecule has 0 bridgehead atoms. The normalized spacial score (nSPS) is 18.1. The quantitative estimate of drug-likeness (QED) is 0.830. The van der Waals surface area contributed by atoms with Gasteiger partial charge in [0.15, 0.2) is 0 Å². The third-order valence-corrected chi connectivity index (χ3v) is 5.70. The van der Waals surface area contributed by atoms with E-state index in [4.69, 9.17) is 0 Å². The fourth-order valence-corrected chi connectivity index (χ4v) is 4.17. The summed E-state index contributed by atoms with van der Waals surface area (Å²) < 4.78 is 27.3. The number of nitrogens with zero attached hydrogens (tertiary/aromatic N) is 3. The van der Waals surface area contributed by atoms with Crippen molar-refractivity contribution in [2.75, 3.05) is 20.1 Å². The van der Waals surface area contributed by atoms with Crippen LogP contribution in [0.2, 0.25) is 0 Å². The molecular formula is C10H17N3O2S2. The molecule has 7 heteroatoms. The lowest BCUT2D eigenvalue weighted by Crippen LogP contribution is -2.39. The van der Waals surface area contributed by atoms with Crippen molar-refractivity contribution in [1.29, 1.82) is 0 Å². The summed E-state index contributed by atoms with van der Waals surface area (Å²) in [4.78, 5) is 4.28. The molecule has 0 unspecified atom stereocenters. The number of aryl methyl sites for hydroxylation is 1. The lowest BCUT2D eigenvalue weighted by molar-refractivity contribution is 0.391. The molecule has 1 saturated heterocycles. The van der Waals surface area contributed by atoms with Crippen LogP contribution >= 0.6 is 11.3 Å². The molecule has 0 aliphatic carbocycles. The third-order valence-electron chi connectivity index (χ3n) is 2.81. The number of thiazole rings is 1. The van der Waals surface area contributed by atoms with Gasteiger partial charge in [-0.15, -0.1) is 11.3 Å². The van der Waals surface area contributed by atoms with Gasteiger partial charge in [0.1, 0.15) is 5.01 Å². The monoisotopic (exact) mass is 275 g/mol. The van der Waals surface area contributed by atoms with Crippen LogP contribution in [-0.2, 0) is 16.8 Å². The lowest BCUT2D eigenvalue weighted by Gasteiger charge is -2.22. The van der Waals surface area contributed by atoms with Gasteiger partial charge in [0.25, 0.3) is 10.2 Å². The Balaban J connectivity index is 2.06. The van der Waals surface area contributed by atoms with Crippen molar-refractivity contribution in [3.8, 4) is 0 Å². The first-order valence-electron chi connectivity index (χ1n) is 5.62. The van der Waals surface area contributed by atoms with Gasteiger partial charge in [0, 0.05) is 31.2 Å². The standard InChI is InChI=1S/C10H17N3O2S2/c1-9-8-16-10(11-9)7-12(2)17(14,15)13-5-3-4-6-13/h8H,3-7H2,1-2H3. The lowest BCUT2D eigenvalue weighted by atomic mass is 10.4. The molecule has 1 aromatic rings. The van der Waals surface area contributed by atoms with Crippen LogP contribution in [0, 0.1) is 6.92 Å². The van der Waals surface area contributed by atoms with Gasteiger partial charge in [0.05, 0.1) is 6.54 Å². The first kappa shape index (κ1) is 12.9. The molecule has 96 valence electrons. The van der Waals surface area contributed by atoms with Crippen molar-refractivity contribution in [3.63, 3.8) is 0 Å². The molecule has 0 spiro atoms. The molecule has 2 heterocycles. The summed E-state index contributed by atoms with van der Waals surface area (Å²) >= 11 is 1.50. The minimum Gasteiger partial charge on any atom is -0.245 e. The number of rotatable bonds is 4. The Morgan fingerprint density at radius 3 is 2.65 bits per heavy atom. The Kier molecular flexibility index (Phi) is 3.82. The summed E-state index contributed by atoms with van der Waals surface area (Å²) in [6.45, 7) is 3.56. The summed E-state index contributed by atoms with van der Waals surface area (Å²) in [6, 6.07) is 0. The van der Waals surface area contributed by atoms with Crippen molar-refractivity contribution in [3.05, 3.63) is 16.1 Å². The highest BCUT2D eigenvalue weighted by molar-refractivity contribution is 7.86. The van der Waals surface area contributed by atoms with Crippen molar-refractivity contribution < 1.29 is 8.42 Å². The van der Waals surface area contributed by atoms with Crippen molar-refractivity contribution in [2.45, 2.75) is 26.3 Å². The van der Waals surface area contributed by atoms with E-state index in [1.807, 2.05) is 12.3 Å². The first-order chi connectivity index (χ1) is 8.00. The second-order valence-electron chi connectivity index (χ2n) is 4.25. The van der Waals surface area contributed by atoms with E-state index in [9.17, 15) is 8.42 Å². The molecule has 5 nitrogen and oxygen atoms in total. The number of hydrogen-bond donors (Lipinski definition) is 0. The molecule has 0 radical (unpaired) electrons. The Labute approximate surface area is 106 Å². The van der Waals surface area contributed by atoms with Crippen LogP contribution in [0.15, 0.2) is 5.38 Å². The Bertz CT molecular complexity index is 477. The molecule has 0 amide bonds. The highest BCUT2D eigenvalue weighted by Crippen LogP contribution is 2.18. The first-order valence-corrected chi connectivity index (χ1v) is 7.90. The molecule has 0 atom stereocenters. The van der Waals surface area contributed by atoms with E-state index in [0.717, 1.165) is 23.5 Å². The maximum atomic E-state index is 12.2. The molecule has 0 N–H and O–H groups in total. The van der Waals surface area contributed by atoms with E-state index in [1.165, 1.54) is 15.6 Å². The third kappa shape index (κ3) is 2.85. The van der Waals surface area contributed by atoms with Gasteiger partial charge in [-0.1, -0.05) is 0 Å². The largest absolute Gasteiger partial charge is 0.282 e. The van der Waals surface area contributed by atoms with E-state index in [1.54, 1.807) is 11.4 Å². The van der Waals surface area contributed by atoms with E-state index < -0.39 is 10.2 Å². The predicted octanol–water partition coefficient (Wildman–Crippen LogP) is 1.22. The molecule has 1 fully saturated rings. The maximum Gasteiger partial charge on any atom is 0.282 e. The van der Waals surface area contributed by atoms with Crippen molar-refractivity contribution >= 4 is 21.5 Å². The summed E-state index contributed by atoms with van der Waals surface area (Å²) in [6.07, 6.45) is 1.92. The Morgan fingerprint density at radius 2 is 2.12 bits per heavy atom. The highest BCUT2D eigenvalue weighted by Gasteiger charge is 2.29. The van der Waals surface area contributed by atoms with Crippen molar-refractivity contribution in [2.24, 2.45) is 0 Å². The van der Waals surface area contributed by atoms with Gasteiger partial charge in [-0.2, -0.15) is 17.0 Å². The van der Waals surface area contributed by atoms with Crippen LogP contribution in [0.25, 0.3) is 0 Å². The van der Waals surface area contributed by atoms with Gasteiger partial charge in [-0.05, 0) is 19.8 Å². The summed E-state index contributed by atoms with van der Waals surface area (Å²) in [5, 5.41) is 2.78.